The molecule has 128 valence electrons. The van der Waals surface area contributed by atoms with E-state index in [2.05, 4.69) is 19.2 Å². The average Bonchev–Trinajstić information content (AvgIpc) is 2.58. The van der Waals surface area contributed by atoms with Gasteiger partial charge in [0.25, 0.3) is 0 Å². The van der Waals surface area contributed by atoms with Gasteiger partial charge in [0.1, 0.15) is 0 Å². The first kappa shape index (κ1) is 18.2. The third kappa shape index (κ3) is 4.06. The summed E-state index contributed by atoms with van der Waals surface area (Å²) in [6.45, 7) is 5.98. The number of halogens is 1. The van der Waals surface area contributed by atoms with Crippen LogP contribution in [0.3, 0.4) is 0 Å². The second-order valence-corrected chi connectivity index (χ2v) is 6.88. The lowest BCUT2D eigenvalue weighted by atomic mass is 9.75. The second kappa shape index (κ2) is 7.65. The minimum atomic E-state index is -0.800. The zero-order chi connectivity index (χ0) is 16.9. The molecule has 4 nitrogen and oxygen atoms in total. The smallest absolute Gasteiger partial charge is 0.240 e. The first-order valence-corrected chi connectivity index (χ1v) is 8.74. The summed E-state index contributed by atoms with van der Waals surface area (Å²) in [5.41, 5.74) is 6.57. The molecule has 3 N–H and O–H groups in total. The van der Waals surface area contributed by atoms with Crippen LogP contribution in [0, 0.1) is 0 Å². The number of amides is 1. The van der Waals surface area contributed by atoms with E-state index in [9.17, 15) is 4.79 Å². The van der Waals surface area contributed by atoms with Gasteiger partial charge in [-0.25, -0.2) is 0 Å². The second-order valence-electron chi connectivity index (χ2n) is 6.45. The highest BCUT2D eigenvalue weighted by Crippen LogP contribution is 2.32. The molecule has 1 amide bonds. The lowest BCUT2D eigenvalue weighted by Gasteiger charge is -2.36. The standard InChI is InChI=1S/C18H27ClN2O2/c1-3-17(4-2,14-5-7-15(19)8-6-14)13-21-16(22)18(20)9-11-23-12-10-18/h5-8H,3-4,9-13,20H2,1-2H3,(H,21,22). The molecule has 1 heterocycles. The highest BCUT2D eigenvalue weighted by molar-refractivity contribution is 6.30. The van der Waals surface area contributed by atoms with Crippen molar-refractivity contribution in [1.29, 1.82) is 0 Å². The number of nitrogens with two attached hydrogens (primary N) is 1. The first-order chi connectivity index (χ1) is 11.0. The van der Waals surface area contributed by atoms with E-state index in [1.165, 1.54) is 5.56 Å². The molecule has 0 saturated carbocycles. The van der Waals surface area contributed by atoms with Crippen LogP contribution >= 0.6 is 11.6 Å². The minimum absolute atomic E-state index is 0.0685. The zero-order valence-electron chi connectivity index (χ0n) is 14.0. The molecule has 1 aromatic rings. The SMILES string of the molecule is CCC(CC)(CNC(=O)C1(N)CCOCC1)c1ccc(Cl)cc1. The van der Waals surface area contributed by atoms with Crippen LogP contribution in [0.2, 0.25) is 5.02 Å². The number of ether oxygens (including phenoxy) is 1. The Balaban J connectivity index is 2.10. The number of carbonyl (C=O) groups excluding carboxylic acids is 1. The van der Waals surface area contributed by atoms with Crippen LogP contribution in [0.15, 0.2) is 24.3 Å². The Bertz CT molecular complexity index is 520. The Hall–Kier alpha value is -1.10. The summed E-state index contributed by atoms with van der Waals surface area (Å²) in [5, 5.41) is 3.82. The molecule has 0 atom stereocenters. The zero-order valence-corrected chi connectivity index (χ0v) is 14.8. The summed E-state index contributed by atoms with van der Waals surface area (Å²) in [6.07, 6.45) is 3.02. The van der Waals surface area contributed by atoms with E-state index in [-0.39, 0.29) is 11.3 Å². The Morgan fingerprint density at radius 3 is 2.35 bits per heavy atom. The van der Waals surface area contributed by atoms with Crippen molar-refractivity contribution >= 4 is 17.5 Å². The molecule has 23 heavy (non-hydrogen) atoms. The van der Waals surface area contributed by atoms with E-state index in [0.717, 1.165) is 17.9 Å². The van der Waals surface area contributed by atoms with Gasteiger partial charge >= 0.3 is 0 Å². The lowest BCUT2D eigenvalue weighted by molar-refractivity contribution is -0.130. The van der Waals surface area contributed by atoms with Gasteiger partial charge in [0, 0.05) is 30.2 Å². The molecule has 1 fully saturated rings. The van der Waals surface area contributed by atoms with Crippen molar-refractivity contribution in [3.05, 3.63) is 34.9 Å². The van der Waals surface area contributed by atoms with Gasteiger partial charge in [0.05, 0.1) is 5.54 Å². The van der Waals surface area contributed by atoms with E-state index in [1.54, 1.807) is 0 Å². The van der Waals surface area contributed by atoms with E-state index in [0.29, 0.717) is 32.6 Å². The van der Waals surface area contributed by atoms with Crippen LogP contribution in [-0.2, 0) is 14.9 Å². The van der Waals surface area contributed by atoms with Gasteiger partial charge in [0.2, 0.25) is 5.91 Å². The largest absolute Gasteiger partial charge is 0.381 e. The molecule has 0 unspecified atom stereocenters. The van der Waals surface area contributed by atoms with Gasteiger partial charge in [0.15, 0.2) is 0 Å². The Morgan fingerprint density at radius 1 is 1.26 bits per heavy atom. The predicted molar refractivity (Wildman–Crippen MR) is 93.7 cm³/mol. The van der Waals surface area contributed by atoms with Crippen molar-refractivity contribution in [2.75, 3.05) is 19.8 Å². The van der Waals surface area contributed by atoms with Gasteiger partial charge in [-0.2, -0.15) is 0 Å². The van der Waals surface area contributed by atoms with Crippen molar-refractivity contribution in [2.24, 2.45) is 5.73 Å². The predicted octanol–water partition coefficient (Wildman–Crippen LogP) is 3.02. The lowest BCUT2D eigenvalue weighted by Crippen LogP contribution is -2.58. The van der Waals surface area contributed by atoms with Crippen molar-refractivity contribution < 1.29 is 9.53 Å². The summed E-state index contributed by atoms with van der Waals surface area (Å²) in [5.74, 6) is -0.0685. The summed E-state index contributed by atoms with van der Waals surface area (Å²) >= 11 is 6.00. The van der Waals surface area contributed by atoms with Gasteiger partial charge in [-0.1, -0.05) is 37.6 Å². The quantitative estimate of drug-likeness (QED) is 0.838. The van der Waals surface area contributed by atoms with Gasteiger partial charge < -0.3 is 15.8 Å². The van der Waals surface area contributed by atoms with Gasteiger partial charge in [-0.3, -0.25) is 4.79 Å². The number of benzene rings is 1. The van der Waals surface area contributed by atoms with Crippen LogP contribution in [0.25, 0.3) is 0 Å². The molecule has 1 aliphatic heterocycles. The van der Waals surface area contributed by atoms with E-state index < -0.39 is 5.54 Å². The highest BCUT2D eigenvalue weighted by atomic mass is 35.5. The number of carbonyl (C=O) groups is 1. The molecule has 1 saturated heterocycles. The topological polar surface area (TPSA) is 64.4 Å². The normalized spacial score (nSPS) is 17.7. The third-order valence-electron chi connectivity index (χ3n) is 5.23. The molecule has 0 radical (unpaired) electrons. The number of rotatable bonds is 6. The van der Waals surface area contributed by atoms with E-state index in [1.807, 2.05) is 24.3 Å². The molecule has 0 spiro atoms. The number of hydrogen-bond acceptors (Lipinski definition) is 3. The third-order valence-corrected chi connectivity index (χ3v) is 5.49. The molecule has 0 aromatic heterocycles. The van der Waals surface area contributed by atoms with Crippen molar-refractivity contribution in [3.63, 3.8) is 0 Å². The fourth-order valence-electron chi connectivity index (χ4n) is 3.20. The molecule has 5 heteroatoms. The van der Waals surface area contributed by atoms with Crippen molar-refractivity contribution in [2.45, 2.75) is 50.5 Å². The summed E-state index contributed by atoms with van der Waals surface area (Å²) in [4.78, 5) is 12.6. The molecule has 2 rings (SSSR count). The number of nitrogens with one attached hydrogen (secondary N) is 1. The maximum atomic E-state index is 12.6. The molecule has 0 bridgehead atoms. The molecule has 1 aromatic carbocycles. The maximum Gasteiger partial charge on any atom is 0.240 e. The van der Waals surface area contributed by atoms with Crippen LogP contribution in [0.1, 0.15) is 45.1 Å². The molecule has 0 aliphatic carbocycles. The Labute approximate surface area is 143 Å². The molecule has 1 aliphatic rings. The maximum absolute atomic E-state index is 12.6. The number of hydrogen-bond donors (Lipinski definition) is 2. The highest BCUT2D eigenvalue weighted by Gasteiger charge is 2.37. The first-order valence-electron chi connectivity index (χ1n) is 8.37. The van der Waals surface area contributed by atoms with Crippen LogP contribution in [-0.4, -0.2) is 31.2 Å². The molecular weight excluding hydrogens is 312 g/mol. The van der Waals surface area contributed by atoms with Crippen molar-refractivity contribution in [3.8, 4) is 0 Å². The summed E-state index contributed by atoms with van der Waals surface area (Å²) in [6, 6.07) is 7.91. The van der Waals surface area contributed by atoms with Crippen LogP contribution < -0.4 is 11.1 Å². The molecular formula is C18H27ClN2O2. The van der Waals surface area contributed by atoms with E-state index in [4.69, 9.17) is 22.1 Å². The van der Waals surface area contributed by atoms with Crippen molar-refractivity contribution in [1.82, 2.24) is 5.32 Å². The van der Waals surface area contributed by atoms with Crippen LogP contribution in [0.4, 0.5) is 0 Å². The Kier molecular flexibility index (Phi) is 6.06. The summed E-state index contributed by atoms with van der Waals surface area (Å²) in [7, 11) is 0. The summed E-state index contributed by atoms with van der Waals surface area (Å²) < 4.78 is 5.31. The minimum Gasteiger partial charge on any atom is -0.381 e. The monoisotopic (exact) mass is 338 g/mol. The van der Waals surface area contributed by atoms with Crippen LogP contribution in [0.5, 0.6) is 0 Å². The fraction of sp³-hybridized carbons (Fsp3) is 0.611. The average molecular weight is 339 g/mol. The van der Waals surface area contributed by atoms with E-state index >= 15 is 0 Å². The Morgan fingerprint density at radius 2 is 1.83 bits per heavy atom. The van der Waals surface area contributed by atoms with Gasteiger partial charge in [-0.05, 0) is 43.4 Å². The fourth-order valence-corrected chi connectivity index (χ4v) is 3.33. The van der Waals surface area contributed by atoms with Gasteiger partial charge in [-0.15, -0.1) is 0 Å².